The highest BCUT2D eigenvalue weighted by molar-refractivity contribution is 9.10. The molecule has 4 nitrogen and oxygen atoms in total. The Morgan fingerprint density at radius 3 is 2.71 bits per heavy atom. The van der Waals surface area contributed by atoms with Gasteiger partial charge in [-0.3, -0.25) is 0 Å². The lowest BCUT2D eigenvalue weighted by molar-refractivity contribution is -0.0425. The minimum absolute atomic E-state index is 0.0584. The van der Waals surface area contributed by atoms with Crippen molar-refractivity contribution >= 4 is 24.2 Å². The van der Waals surface area contributed by atoms with Crippen LogP contribution in [-0.4, -0.2) is 24.7 Å². The second kappa shape index (κ2) is 6.52. The molecule has 120 valence electrons. The van der Waals surface area contributed by atoms with Gasteiger partial charge in [-0.05, 0) is 53.3 Å². The van der Waals surface area contributed by atoms with Gasteiger partial charge in [0, 0.05) is 6.61 Å². The number of rotatable bonds is 4. The first-order valence-corrected chi connectivity index (χ1v) is 11.4. The first kappa shape index (κ1) is 17.2. The third-order valence-electron chi connectivity index (χ3n) is 4.65. The highest BCUT2D eigenvalue weighted by atomic mass is 79.9. The predicted octanol–water partition coefficient (Wildman–Crippen LogP) is 4.87. The molecule has 1 saturated heterocycles. The second-order valence-electron chi connectivity index (χ2n) is 7.25. The van der Waals surface area contributed by atoms with Crippen molar-refractivity contribution in [3.05, 3.63) is 16.4 Å². The summed E-state index contributed by atoms with van der Waals surface area (Å²) in [4.78, 5) is 0. The topological polar surface area (TPSA) is 36.3 Å². The Balaban J connectivity index is 2.11. The van der Waals surface area contributed by atoms with Gasteiger partial charge in [0.25, 0.3) is 0 Å². The van der Waals surface area contributed by atoms with Crippen molar-refractivity contribution in [2.24, 2.45) is 0 Å². The van der Waals surface area contributed by atoms with Gasteiger partial charge < -0.3 is 9.16 Å². The summed E-state index contributed by atoms with van der Waals surface area (Å²) in [5.74, 6) is 0. The van der Waals surface area contributed by atoms with Crippen LogP contribution >= 0.6 is 15.9 Å². The Morgan fingerprint density at radius 2 is 2.14 bits per heavy atom. The first-order chi connectivity index (χ1) is 9.72. The zero-order valence-corrected chi connectivity index (χ0v) is 16.4. The van der Waals surface area contributed by atoms with Gasteiger partial charge in [-0.15, -0.1) is 0 Å². The van der Waals surface area contributed by atoms with Gasteiger partial charge >= 0.3 is 0 Å². The van der Waals surface area contributed by atoms with Crippen molar-refractivity contribution in [2.75, 3.05) is 6.61 Å². The van der Waals surface area contributed by atoms with E-state index in [1.54, 1.807) is 0 Å². The van der Waals surface area contributed by atoms with Crippen LogP contribution in [0, 0.1) is 0 Å². The largest absolute Gasteiger partial charge is 0.411 e. The molecule has 1 aliphatic heterocycles. The van der Waals surface area contributed by atoms with E-state index in [4.69, 9.17) is 9.16 Å². The average Bonchev–Trinajstić information content (AvgIpc) is 2.77. The van der Waals surface area contributed by atoms with Gasteiger partial charge in [0.15, 0.2) is 14.5 Å². The minimum atomic E-state index is -1.76. The molecule has 2 rings (SSSR count). The summed E-state index contributed by atoms with van der Waals surface area (Å²) in [6.45, 7) is 12.8. The fourth-order valence-electron chi connectivity index (χ4n) is 2.13. The van der Waals surface area contributed by atoms with Gasteiger partial charge in [-0.1, -0.05) is 20.8 Å². The number of hydrogen-bond acceptors (Lipinski definition) is 3. The van der Waals surface area contributed by atoms with Crippen LogP contribution in [0.3, 0.4) is 0 Å². The molecular formula is C15H27BrN2O2Si. The summed E-state index contributed by atoms with van der Waals surface area (Å²) in [7, 11) is -1.76. The second-order valence-corrected chi connectivity index (χ2v) is 12.9. The van der Waals surface area contributed by atoms with Crippen LogP contribution in [0.1, 0.15) is 52.0 Å². The van der Waals surface area contributed by atoms with Crippen molar-refractivity contribution in [3.8, 4) is 0 Å². The molecule has 6 heteroatoms. The van der Waals surface area contributed by atoms with Crippen LogP contribution in [0.4, 0.5) is 0 Å². The number of ether oxygens (including phenoxy) is 1. The minimum Gasteiger partial charge on any atom is -0.411 e. The van der Waals surface area contributed by atoms with E-state index in [0.717, 1.165) is 29.6 Å². The molecule has 1 aromatic heterocycles. The maximum Gasteiger partial charge on any atom is 0.192 e. The maximum atomic E-state index is 6.34. The highest BCUT2D eigenvalue weighted by Crippen LogP contribution is 2.37. The number of nitrogens with zero attached hydrogens (tertiary/aromatic N) is 2. The zero-order valence-electron chi connectivity index (χ0n) is 13.8. The lowest BCUT2D eigenvalue weighted by Gasteiger charge is -2.36. The molecule has 2 heterocycles. The molecule has 1 unspecified atom stereocenters. The molecule has 0 aromatic carbocycles. The van der Waals surface area contributed by atoms with Gasteiger partial charge in [0.1, 0.15) is 0 Å². The van der Waals surface area contributed by atoms with Gasteiger partial charge in [-0.2, -0.15) is 5.10 Å². The molecular weight excluding hydrogens is 348 g/mol. The Morgan fingerprint density at radius 1 is 1.43 bits per heavy atom. The molecule has 0 amide bonds. The first-order valence-electron chi connectivity index (χ1n) is 7.70. The average molecular weight is 375 g/mol. The highest BCUT2D eigenvalue weighted by Gasteiger charge is 2.37. The van der Waals surface area contributed by atoms with E-state index in [1.165, 1.54) is 6.42 Å². The van der Waals surface area contributed by atoms with E-state index in [0.29, 0.717) is 6.61 Å². The summed E-state index contributed by atoms with van der Waals surface area (Å²) < 4.78 is 15.2. The Labute approximate surface area is 137 Å². The van der Waals surface area contributed by atoms with Crippen LogP contribution in [0.2, 0.25) is 18.1 Å². The number of hydrogen-bond donors (Lipinski definition) is 0. The van der Waals surface area contributed by atoms with E-state index < -0.39 is 8.32 Å². The molecule has 1 aliphatic rings. The SMILES string of the molecule is CC(C)(C)[Si](C)(C)OCc1c(Br)cnn1C1CCCCO1. The van der Waals surface area contributed by atoms with Crippen LogP contribution in [0.25, 0.3) is 0 Å². The smallest absolute Gasteiger partial charge is 0.192 e. The van der Waals surface area contributed by atoms with Crippen molar-refractivity contribution in [2.45, 2.75) is 71.0 Å². The Hall–Kier alpha value is -0.173. The molecule has 1 fully saturated rings. The van der Waals surface area contributed by atoms with E-state index in [2.05, 4.69) is 54.9 Å². The van der Waals surface area contributed by atoms with Crippen molar-refractivity contribution in [1.82, 2.24) is 9.78 Å². The van der Waals surface area contributed by atoms with Crippen LogP contribution < -0.4 is 0 Å². The van der Waals surface area contributed by atoms with Crippen LogP contribution in [0.5, 0.6) is 0 Å². The molecule has 0 saturated carbocycles. The summed E-state index contributed by atoms with van der Waals surface area (Å²) in [5, 5.41) is 4.70. The molecule has 1 atom stereocenters. The maximum absolute atomic E-state index is 6.34. The summed E-state index contributed by atoms with van der Waals surface area (Å²) in [6.07, 6.45) is 5.28. The third kappa shape index (κ3) is 3.97. The van der Waals surface area contributed by atoms with Crippen molar-refractivity contribution in [1.29, 1.82) is 0 Å². The molecule has 0 bridgehead atoms. The fourth-order valence-corrected chi connectivity index (χ4v) is 3.45. The van der Waals surface area contributed by atoms with E-state index in [9.17, 15) is 0 Å². The zero-order chi connectivity index (χ0) is 15.7. The van der Waals surface area contributed by atoms with Gasteiger partial charge in [0.05, 0.1) is 23.0 Å². The van der Waals surface area contributed by atoms with Gasteiger partial charge in [0.2, 0.25) is 0 Å². The molecule has 0 N–H and O–H groups in total. The third-order valence-corrected chi connectivity index (χ3v) is 9.79. The molecule has 0 spiro atoms. The molecule has 0 aliphatic carbocycles. The predicted molar refractivity (Wildman–Crippen MR) is 90.8 cm³/mol. The summed E-state index contributed by atoms with van der Waals surface area (Å²) in [6, 6.07) is 0. The normalized spacial score (nSPS) is 20.8. The summed E-state index contributed by atoms with van der Waals surface area (Å²) >= 11 is 3.60. The van der Waals surface area contributed by atoms with Gasteiger partial charge in [-0.25, -0.2) is 4.68 Å². The lowest BCUT2D eigenvalue weighted by atomic mass is 10.2. The van der Waals surface area contributed by atoms with Crippen LogP contribution in [-0.2, 0) is 15.8 Å². The van der Waals surface area contributed by atoms with Crippen molar-refractivity contribution in [3.63, 3.8) is 0 Å². The standard InChI is InChI=1S/C15H27BrN2O2Si/c1-15(2,3)21(4,5)20-11-13-12(16)10-17-18(13)14-8-6-7-9-19-14/h10,14H,6-9,11H2,1-5H3. The van der Waals surface area contributed by atoms with E-state index in [-0.39, 0.29) is 11.3 Å². The molecule has 1 aromatic rings. The lowest BCUT2D eigenvalue weighted by Crippen LogP contribution is -2.40. The monoisotopic (exact) mass is 374 g/mol. The van der Waals surface area contributed by atoms with Crippen molar-refractivity contribution < 1.29 is 9.16 Å². The van der Waals surface area contributed by atoms with E-state index in [1.807, 2.05) is 10.9 Å². The summed E-state index contributed by atoms with van der Waals surface area (Å²) in [5.41, 5.74) is 1.09. The van der Waals surface area contributed by atoms with Crippen LogP contribution in [0.15, 0.2) is 10.7 Å². The number of halogens is 1. The molecule has 0 radical (unpaired) electrons. The quantitative estimate of drug-likeness (QED) is 0.705. The van der Waals surface area contributed by atoms with E-state index >= 15 is 0 Å². The Kier molecular flexibility index (Phi) is 5.34. The Bertz CT molecular complexity index is 477. The molecule has 21 heavy (non-hydrogen) atoms. The number of aromatic nitrogens is 2. The fraction of sp³-hybridized carbons (Fsp3) is 0.800.